The van der Waals surface area contributed by atoms with Gasteiger partial charge in [-0.05, 0) is 6.92 Å². The number of nitrogens with zero attached hydrogens (tertiary/aromatic N) is 2. The van der Waals surface area contributed by atoms with Gasteiger partial charge in [0, 0.05) is 6.07 Å². The SMILES string of the molecule is Cc1cc(NC(=O)CN(CC(N)=O)CC(=O)O)no1. The fourth-order valence-electron chi connectivity index (χ4n) is 1.39. The molecule has 0 spiro atoms. The average molecular weight is 270 g/mol. The third kappa shape index (κ3) is 5.64. The van der Waals surface area contributed by atoms with E-state index in [2.05, 4.69) is 10.5 Å². The van der Waals surface area contributed by atoms with E-state index in [4.69, 9.17) is 15.4 Å². The van der Waals surface area contributed by atoms with Gasteiger partial charge in [0.2, 0.25) is 11.8 Å². The number of carbonyl (C=O) groups excluding carboxylic acids is 2. The van der Waals surface area contributed by atoms with E-state index in [1.165, 1.54) is 6.07 Å². The maximum Gasteiger partial charge on any atom is 0.317 e. The van der Waals surface area contributed by atoms with Crippen LogP contribution in [0.4, 0.5) is 5.82 Å². The van der Waals surface area contributed by atoms with Crippen LogP contribution in [0, 0.1) is 6.92 Å². The number of aromatic nitrogens is 1. The van der Waals surface area contributed by atoms with E-state index in [0.29, 0.717) is 5.76 Å². The highest BCUT2D eigenvalue weighted by molar-refractivity contribution is 5.92. The summed E-state index contributed by atoms with van der Waals surface area (Å²) in [6.07, 6.45) is 0. The minimum atomic E-state index is -1.16. The number of anilines is 1. The van der Waals surface area contributed by atoms with Crippen molar-refractivity contribution in [3.63, 3.8) is 0 Å². The van der Waals surface area contributed by atoms with Crippen LogP contribution in [0.25, 0.3) is 0 Å². The number of carboxylic acids is 1. The molecule has 0 fully saturated rings. The first kappa shape index (κ1) is 14.6. The zero-order valence-corrected chi connectivity index (χ0v) is 10.3. The van der Waals surface area contributed by atoms with Crippen molar-refractivity contribution in [1.29, 1.82) is 0 Å². The number of primary amides is 1. The van der Waals surface area contributed by atoms with Crippen LogP contribution in [0.1, 0.15) is 5.76 Å². The predicted octanol–water partition coefficient (Wildman–Crippen LogP) is -1.21. The molecule has 0 aliphatic rings. The van der Waals surface area contributed by atoms with Gasteiger partial charge in [-0.25, -0.2) is 0 Å². The molecule has 1 aromatic heterocycles. The first-order valence-corrected chi connectivity index (χ1v) is 5.32. The second kappa shape index (κ2) is 6.50. The van der Waals surface area contributed by atoms with Crippen LogP contribution in [0.3, 0.4) is 0 Å². The molecule has 0 saturated carbocycles. The smallest absolute Gasteiger partial charge is 0.317 e. The normalized spacial score (nSPS) is 10.4. The summed E-state index contributed by atoms with van der Waals surface area (Å²) in [4.78, 5) is 34.1. The Labute approximate surface area is 108 Å². The number of aliphatic carboxylic acids is 1. The van der Waals surface area contributed by atoms with E-state index in [-0.39, 0.29) is 18.9 Å². The molecule has 0 aliphatic carbocycles. The summed E-state index contributed by atoms with van der Waals surface area (Å²) in [5.74, 6) is -1.65. The molecule has 0 bridgehead atoms. The topological polar surface area (TPSA) is 139 Å². The molecule has 1 rings (SSSR count). The lowest BCUT2D eigenvalue weighted by Crippen LogP contribution is -2.41. The summed E-state index contributed by atoms with van der Waals surface area (Å²) < 4.78 is 4.75. The van der Waals surface area contributed by atoms with Gasteiger partial charge in [0.25, 0.3) is 0 Å². The number of rotatable bonds is 7. The zero-order valence-electron chi connectivity index (χ0n) is 10.3. The number of nitrogens with two attached hydrogens (primary N) is 1. The minimum Gasteiger partial charge on any atom is -0.480 e. The molecule has 19 heavy (non-hydrogen) atoms. The van der Waals surface area contributed by atoms with Gasteiger partial charge in [-0.2, -0.15) is 0 Å². The Morgan fingerprint density at radius 1 is 1.42 bits per heavy atom. The summed E-state index contributed by atoms with van der Waals surface area (Å²) in [6, 6.07) is 1.51. The molecule has 104 valence electrons. The van der Waals surface area contributed by atoms with Crippen molar-refractivity contribution in [3.8, 4) is 0 Å². The molecule has 2 amide bonds. The highest BCUT2D eigenvalue weighted by Gasteiger charge is 2.16. The molecule has 0 aliphatic heterocycles. The van der Waals surface area contributed by atoms with Gasteiger partial charge in [-0.3, -0.25) is 19.3 Å². The van der Waals surface area contributed by atoms with Crippen LogP contribution in [-0.4, -0.2) is 52.6 Å². The molecule has 0 aromatic carbocycles. The van der Waals surface area contributed by atoms with Crippen molar-refractivity contribution in [2.24, 2.45) is 5.73 Å². The van der Waals surface area contributed by atoms with Crippen molar-refractivity contribution < 1.29 is 24.0 Å². The fourth-order valence-corrected chi connectivity index (χ4v) is 1.39. The summed E-state index contributed by atoms with van der Waals surface area (Å²) in [7, 11) is 0. The van der Waals surface area contributed by atoms with E-state index in [0.717, 1.165) is 4.90 Å². The lowest BCUT2D eigenvalue weighted by atomic mass is 10.4. The molecule has 0 saturated heterocycles. The van der Waals surface area contributed by atoms with Gasteiger partial charge in [-0.1, -0.05) is 5.16 Å². The van der Waals surface area contributed by atoms with Crippen molar-refractivity contribution in [2.45, 2.75) is 6.92 Å². The summed E-state index contributed by atoms with van der Waals surface area (Å²) in [6.45, 7) is 0.583. The van der Waals surface area contributed by atoms with Gasteiger partial charge in [0.05, 0.1) is 19.6 Å². The molecule has 1 heterocycles. The van der Waals surface area contributed by atoms with Gasteiger partial charge in [0.15, 0.2) is 5.82 Å². The lowest BCUT2D eigenvalue weighted by molar-refractivity contribution is -0.138. The third-order valence-corrected chi connectivity index (χ3v) is 2.00. The number of hydrogen-bond acceptors (Lipinski definition) is 6. The summed E-state index contributed by atoms with van der Waals surface area (Å²) in [5.41, 5.74) is 4.97. The van der Waals surface area contributed by atoms with E-state index in [1.807, 2.05) is 0 Å². The maximum atomic E-state index is 11.6. The zero-order chi connectivity index (χ0) is 14.4. The highest BCUT2D eigenvalue weighted by Crippen LogP contribution is 2.06. The summed E-state index contributed by atoms with van der Waals surface area (Å²) in [5, 5.41) is 14.6. The second-order valence-corrected chi connectivity index (χ2v) is 3.88. The predicted molar refractivity (Wildman–Crippen MR) is 63.1 cm³/mol. The Morgan fingerprint density at radius 2 is 2.11 bits per heavy atom. The maximum absolute atomic E-state index is 11.6. The van der Waals surface area contributed by atoms with E-state index in [9.17, 15) is 14.4 Å². The van der Waals surface area contributed by atoms with Crippen molar-refractivity contribution in [2.75, 3.05) is 25.0 Å². The molecule has 0 atom stereocenters. The van der Waals surface area contributed by atoms with Crippen LogP contribution in [-0.2, 0) is 14.4 Å². The first-order valence-electron chi connectivity index (χ1n) is 5.32. The van der Waals surface area contributed by atoms with Crippen molar-refractivity contribution in [3.05, 3.63) is 11.8 Å². The molecule has 1 aromatic rings. The van der Waals surface area contributed by atoms with Crippen LogP contribution in [0.5, 0.6) is 0 Å². The molecule has 0 radical (unpaired) electrons. The van der Waals surface area contributed by atoms with Crippen LogP contribution < -0.4 is 11.1 Å². The average Bonchev–Trinajstić information content (AvgIpc) is 2.61. The van der Waals surface area contributed by atoms with Gasteiger partial charge >= 0.3 is 5.97 Å². The van der Waals surface area contributed by atoms with Gasteiger partial charge in [0.1, 0.15) is 5.76 Å². The number of nitrogens with one attached hydrogen (secondary N) is 1. The van der Waals surface area contributed by atoms with Gasteiger partial charge < -0.3 is 20.7 Å². The number of carbonyl (C=O) groups is 3. The lowest BCUT2D eigenvalue weighted by Gasteiger charge is -2.17. The third-order valence-electron chi connectivity index (χ3n) is 2.00. The van der Waals surface area contributed by atoms with E-state index >= 15 is 0 Å². The van der Waals surface area contributed by atoms with E-state index < -0.39 is 24.3 Å². The Kier molecular flexibility index (Phi) is 5.01. The van der Waals surface area contributed by atoms with E-state index in [1.54, 1.807) is 6.92 Å². The fraction of sp³-hybridized carbons (Fsp3) is 0.400. The molecule has 0 unspecified atom stereocenters. The molecule has 9 nitrogen and oxygen atoms in total. The molecular weight excluding hydrogens is 256 g/mol. The molecule has 9 heteroatoms. The standard InChI is InChI=1S/C10H14N4O5/c1-6-2-8(13-19-6)12-9(16)4-14(3-7(11)15)5-10(17)18/h2H,3-5H2,1H3,(H2,11,15)(H,17,18)(H,12,13,16). The number of carboxylic acid groups (broad SMARTS) is 1. The first-order chi connectivity index (χ1) is 8.86. The quantitative estimate of drug-likeness (QED) is 0.565. The number of hydrogen-bond donors (Lipinski definition) is 3. The second-order valence-electron chi connectivity index (χ2n) is 3.88. The van der Waals surface area contributed by atoms with Crippen molar-refractivity contribution >= 4 is 23.6 Å². The molecular formula is C10H14N4O5. The summed E-state index contributed by atoms with van der Waals surface area (Å²) >= 11 is 0. The number of amides is 2. The minimum absolute atomic E-state index is 0.219. The Bertz CT molecular complexity index is 468. The van der Waals surface area contributed by atoms with Crippen molar-refractivity contribution in [1.82, 2.24) is 10.1 Å². The Balaban J connectivity index is 2.54. The molecule has 4 N–H and O–H groups in total. The largest absolute Gasteiger partial charge is 0.480 e. The van der Waals surface area contributed by atoms with Crippen LogP contribution in [0.2, 0.25) is 0 Å². The Hall–Kier alpha value is -2.42. The van der Waals surface area contributed by atoms with Crippen LogP contribution >= 0.6 is 0 Å². The van der Waals surface area contributed by atoms with Gasteiger partial charge in [-0.15, -0.1) is 0 Å². The Morgan fingerprint density at radius 3 is 2.58 bits per heavy atom. The monoisotopic (exact) mass is 270 g/mol. The number of aryl methyl sites for hydroxylation is 1. The highest BCUT2D eigenvalue weighted by atomic mass is 16.5. The van der Waals surface area contributed by atoms with Crippen LogP contribution in [0.15, 0.2) is 10.6 Å².